The summed E-state index contributed by atoms with van der Waals surface area (Å²) in [5, 5.41) is 0. The summed E-state index contributed by atoms with van der Waals surface area (Å²) in [6, 6.07) is 1.70. The molecule has 1 saturated carbocycles. The minimum Gasteiger partial charge on any atom is -0.305 e. The molecule has 0 unspecified atom stereocenters. The molecule has 8 heteroatoms. The first-order valence-corrected chi connectivity index (χ1v) is 17.4. The Hall–Kier alpha value is -0.320. The van der Waals surface area contributed by atoms with Gasteiger partial charge in [-0.05, 0) is 127 Å². The summed E-state index contributed by atoms with van der Waals surface area (Å²) in [6.45, 7) is 31.8. The van der Waals surface area contributed by atoms with E-state index < -0.39 is 0 Å². The predicted octanol–water partition coefficient (Wildman–Crippen LogP) is 2.72. The molecule has 5 fully saturated rings. The second-order valence-electron chi connectivity index (χ2n) is 13.5. The van der Waals surface area contributed by atoms with Crippen LogP contribution in [0.15, 0.2) is 0 Å². The largest absolute Gasteiger partial charge is 0.305 e. The van der Waals surface area contributed by atoms with E-state index in [1.165, 1.54) is 150 Å². The summed E-state index contributed by atoms with van der Waals surface area (Å²) in [6.07, 6.45) is 6.96. The Labute approximate surface area is 256 Å². The summed E-state index contributed by atoms with van der Waals surface area (Å²) < 4.78 is 0. The van der Waals surface area contributed by atoms with E-state index >= 15 is 0 Å². The smallest absolute Gasteiger partial charge is 0.0112 e. The lowest BCUT2D eigenvalue weighted by Crippen LogP contribution is -2.44. The number of nitrogens with zero attached hydrogens (tertiary/aromatic N) is 8. The number of rotatable bonds is 4. The number of hydrogen-bond donors (Lipinski definition) is 0. The fourth-order valence-corrected chi connectivity index (χ4v) is 6.03. The molecule has 0 N–H and O–H groups in total. The first kappa shape index (κ1) is 36.9. The predicted molar refractivity (Wildman–Crippen MR) is 179 cm³/mol. The van der Waals surface area contributed by atoms with Crippen LogP contribution in [-0.2, 0) is 0 Å². The highest BCUT2D eigenvalue weighted by atomic mass is 15.2. The monoisotopic (exact) mass is 581 g/mol. The Bertz CT molecular complexity index is 600. The van der Waals surface area contributed by atoms with E-state index in [0.29, 0.717) is 0 Å². The van der Waals surface area contributed by atoms with Gasteiger partial charge in [0, 0.05) is 77.5 Å². The van der Waals surface area contributed by atoms with Crippen LogP contribution in [0.4, 0.5) is 0 Å². The molecule has 0 amide bonds. The molecule has 0 aromatic heterocycles. The molecule has 0 radical (unpaired) electrons. The zero-order chi connectivity index (χ0) is 30.0. The van der Waals surface area contributed by atoms with Crippen molar-refractivity contribution in [3.05, 3.63) is 0 Å². The summed E-state index contributed by atoms with van der Waals surface area (Å²) in [4.78, 5) is 19.9. The van der Waals surface area contributed by atoms with Gasteiger partial charge < -0.3 is 29.4 Å². The molecular formula is C33H72N8. The summed E-state index contributed by atoms with van der Waals surface area (Å²) in [7, 11) is 8.84. The van der Waals surface area contributed by atoms with Crippen LogP contribution < -0.4 is 0 Å². The second kappa shape index (κ2) is 21.4. The van der Waals surface area contributed by atoms with Crippen LogP contribution >= 0.6 is 0 Å². The van der Waals surface area contributed by atoms with Crippen LogP contribution in [-0.4, -0.2) is 197 Å². The molecule has 1 aliphatic carbocycles. The van der Waals surface area contributed by atoms with E-state index in [9.17, 15) is 0 Å². The molecule has 4 aliphatic heterocycles. The SMILES string of the molecule is CC(C)N1CCCN(C)CC1.CCN1CCCN(C)CC1.CCN1CCN(C)CC1.CN1CCCN(C2CC2)CC1. The van der Waals surface area contributed by atoms with Crippen molar-refractivity contribution in [3.8, 4) is 0 Å². The van der Waals surface area contributed by atoms with Crippen molar-refractivity contribution in [2.24, 2.45) is 0 Å². The standard InChI is InChI=1S/C9H18N2.C9H20N2.C8H18N2.C7H16N2/c1-10-5-2-6-11(8-7-10)9-3-4-9;1-9(2)11-6-4-5-10(3)7-8-11;1-3-10-6-4-5-9(2)7-8-10;1-3-9-6-4-8(2)5-7-9/h9H,2-8H2,1H3;9H,4-8H2,1-3H3;3-8H2,1-2H3;3-7H2,1-2H3. The average molecular weight is 581 g/mol. The van der Waals surface area contributed by atoms with E-state index in [2.05, 4.69) is 95.1 Å². The Morgan fingerprint density at radius 3 is 1.37 bits per heavy atom. The molecule has 4 heterocycles. The lowest BCUT2D eigenvalue weighted by atomic mass is 10.3. The maximum atomic E-state index is 2.67. The van der Waals surface area contributed by atoms with Gasteiger partial charge in [0.15, 0.2) is 0 Å². The average Bonchev–Trinajstić information content (AvgIpc) is 3.83. The fraction of sp³-hybridized carbons (Fsp3) is 1.00. The van der Waals surface area contributed by atoms with Crippen molar-refractivity contribution in [2.75, 3.05) is 146 Å². The quantitative estimate of drug-likeness (QED) is 0.501. The lowest BCUT2D eigenvalue weighted by Gasteiger charge is -2.31. The second-order valence-corrected chi connectivity index (χ2v) is 13.5. The molecule has 244 valence electrons. The highest BCUT2D eigenvalue weighted by molar-refractivity contribution is 4.86. The number of piperazine rings is 1. The third-order valence-electron chi connectivity index (χ3n) is 9.60. The van der Waals surface area contributed by atoms with E-state index in [-0.39, 0.29) is 0 Å². The van der Waals surface area contributed by atoms with Crippen LogP contribution in [0.2, 0.25) is 0 Å². The summed E-state index contributed by atoms with van der Waals surface area (Å²) in [5.41, 5.74) is 0. The molecule has 41 heavy (non-hydrogen) atoms. The summed E-state index contributed by atoms with van der Waals surface area (Å²) in [5.74, 6) is 0. The molecular weight excluding hydrogens is 508 g/mol. The van der Waals surface area contributed by atoms with Gasteiger partial charge in [-0.2, -0.15) is 0 Å². The van der Waals surface area contributed by atoms with Crippen LogP contribution in [0.1, 0.15) is 59.8 Å². The van der Waals surface area contributed by atoms with Crippen LogP contribution in [0, 0.1) is 0 Å². The Kier molecular flexibility index (Phi) is 19.2. The number of hydrogen-bond acceptors (Lipinski definition) is 8. The maximum Gasteiger partial charge on any atom is 0.0112 e. The lowest BCUT2D eigenvalue weighted by molar-refractivity contribution is 0.160. The van der Waals surface area contributed by atoms with Gasteiger partial charge in [-0.25, -0.2) is 0 Å². The molecule has 0 spiro atoms. The normalized spacial score (nSPS) is 26.0. The Balaban J connectivity index is 0.000000192. The van der Waals surface area contributed by atoms with E-state index in [1.54, 1.807) is 0 Å². The molecule has 5 aliphatic rings. The summed E-state index contributed by atoms with van der Waals surface area (Å²) >= 11 is 0. The molecule has 4 saturated heterocycles. The zero-order valence-corrected chi connectivity index (χ0v) is 29.0. The van der Waals surface area contributed by atoms with Gasteiger partial charge in [-0.15, -0.1) is 0 Å². The highest BCUT2D eigenvalue weighted by Crippen LogP contribution is 2.27. The molecule has 8 nitrogen and oxygen atoms in total. The van der Waals surface area contributed by atoms with Crippen molar-refractivity contribution in [1.82, 2.24) is 39.2 Å². The minimum absolute atomic E-state index is 0.724. The van der Waals surface area contributed by atoms with Gasteiger partial charge >= 0.3 is 0 Å². The third kappa shape index (κ3) is 16.9. The minimum atomic E-state index is 0.724. The van der Waals surface area contributed by atoms with Gasteiger partial charge in [0.2, 0.25) is 0 Å². The first-order chi connectivity index (χ1) is 19.7. The number of likely N-dealkylation sites (N-methyl/N-ethyl adjacent to an activating group) is 6. The Morgan fingerprint density at radius 2 is 0.878 bits per heavy atom. The molecule has 0 aromatic rings. The van der Waals surface area contributed by atoms with Crippen molar-refractivity contribution >= 4 is 0 Å². The van der Waals surface area contributed by atoms with Crippen LogP contribution in [0.5, 0.6) is 0 Å². The fourth-order valence-electron chi connectivity index (χ4n) is 6.03. The zero-order valence-electron chi connectivity index (χ0n) is 29.0. The maximum absolute atomic E-state index is 2.67. The van der Waals surface area contributed by atoms with Crippen molar-refractivity contribution in [3.63, 3.8) is 0 Å². The highest BCUT2D eigenvalue weighted by Gasteiger charge is 2.29. The van der Waals surface area contributed by atoms with Crippen molar-refractivity contribution in [2.45, 2.75) is 71.9 Å². The van der Waals surface area contributed by atoms with E-state index in [4.69, 9.17) is 0 Å². The van der Waals surface area contributed by atoms with Crippen molar-refractivity contribution in [1.29, 1.82) is 0 Å². The first-order valence-electron chi connectivity index (χ1n) is 17.4. The van der Waals surface area contributed by atoms with E-state index in [1.807, 2.05) is 0 Å². The van der Waals surface area contributed by atoms with Gasteiger partial charge in [-0.1, -0.05) is 13.8 Å². The van der Waals surface area contributed by atoms with Crippen molar-refractivity contribution < 1.29 is 0 Å². The topological polar surface area (TPSA) is 25.9 Å². The van der Waals surface area contributed by atoms with Gasteiger partial charge in [0.05, 0.1) is 0 Å². The Morgan fingerprint density at radius 1 is 0.463 bits per heavy atom. The van der Waals surface area contributed by atoms with Gasteiger partial charge in [0.25, 0.3) is 0 Å². The third-order valence-corrected chi connectivity index (χ3v) is 9.60. The van der Waals surface area contributed by atoms with Crippen LogP contribution in [0.3, 0.4) is 0 Å². The van der Waals surface area contributed by atoms with Gasteiger partial charge in [-0.3, -0.25) is 9.80 Å². The van der Waals surface area contributed by atoms with Crippen LogP contribution in [0.25, 0.3) is 0 Å². The van der Waals surface area contributed by atoms with Gasteiger partial charge in [0.1, 0.15) is 0 Å². The molecule has 0 bridgehead atoms. The van der Waals surface area contributed by atoms with E-state index in [0.717, 1.165) is 12.1 Å². The molecule has 0 atom stereocenters. The molecule has 5 rings (SSSR count). The molecule has 0 aromatic carbocycles.